The zero-order chi connectivity index (χ0) is 24.7. The molecule has 2 saturated heterocycles. The van der Waals surface area contributed by atoms with Crippen LogP contribution in [-0.4, -0.2) is 71.4 Å². The summed E-state index contributed by atoms with van der Waals surface area (Å²) in [6, 6.07) is 5.70. The van der Waals surface area contributed by atoms with Gasteiger partial charge in [-0.05, 0) is 25.8 Å². The second-order valence-corrected chi connectivity index (χ2v) is 9.99. The van der Waals surface area contributed by atoms with Crippen molar-refractivity contribution in [3.05, 3.63) is 23.9 Å². The number of nitrogens with one attached hydrogen (secondary N) is 2. The van der Waals surface area contributed by atoms with E-state index in [0.717, 1.165) is 55.6 Å². The Kier molecular flexibility index (Phi) is 5.90. The van der Waals surface area contributed by atoms with Gasteiger partial charge in [-0.25, -0.2) is 4.98 Å². The molecule has 2 aliphatic rings. The van der Waals surface area contributed by atoms with Crippen LogP contribution in [0, 0.1) is 18.3 Å². The van der Waals surface area contributed by atoms with Crippen LogP contribution in [0.3, 0.4) is 0 Å². The number of anilines is 3. The fourth-order valence-corrected chi connectivity index (χ4v) is 5.07. The van der Waals surface area contributed by atoms with E-state index in [1.165, 1.54) is 0 Å². The SMILES string of the molecule is COc1cc2nc(N3CC4(CCN(C(=O)C(C)C)CC4)C3)nc(Nc3cc(C)[nH]n3)c2cc1OC. The van der Waals surface area contributed by atoms with Gasteiger partial charge in [0.2, 0.25) is 11.9 Å². The third kappa shape index (κ3) is 4.33. The summed E-state index contributed by atoms with van der Waals surface area (Å²) in [5.41, 5.74) is 1.94. The van der Waals surface area contributed by atoms with E-state index in [0.29, 0.717) is 29.1 Å². The van der Waals surface area contributed by atoms with Crippen LogP contribution in [0.25, 0.3) is 10.9 Å². The molecule has 0 atom stereocenters. The monoisotopic (exact) mass is 479 g/mol. The Labute approximate surface area is 205 Å². The molecule has 5 rings (SSSR count). The predicted molar refractivity (Wildman–Crippen MR) is 135 cm³/mol. The van der Waals surface area contributed by atoms with E-state index in [2.05, 4.69) is 20.4 Å². The summed E-state index contributed by atoms with van der Waals surface area (Å²) in [6.07, 6.45) is 2.02. The number of ether oxygens (including phenoxy) is 2. The van der Waals surface area contributed by atoms with Crippen molar-refractivity contribution in [1.29, 1.82) is 0 Å². The topological polar surface area (TPSA) is 108 Å². The van der Waals surface area contributed by atoms with E-state index in [9.17, 15) is 4.79 Å². The number of carbonyl (C=O) groups is 1. The minimum Gasteiger partial charge on any atom is -0.493 e. The van der Waals surface area contributed by atoms with Gasteiger partial charge in [0, 0.05) is 60.7 Å². The molecule has 3 aromatic rings. The van der Waals surface area contributed by atoms with Crippen LogP contribution < -0.4 is 19.7 Å². The first kappa shape index (κ1) is 23.2. The number of rotatable bonds is 6. The van der Waals surface area contributed by atoms with Crippen molar-refractivity contribution in [2.45, 2.75) is 33.6 Å². The summed E-state index contributed by atoms with van der Waals surface area (Å²) in [4.78, 5) is 26.4. The highest BCUT2D eigenvalue weighted by Gasteiger charge is 2.46. The quantitative estimate of drug-likeness (QED) is 0.553. The van der Waals surface area contributed by atoms with E-state index in [1.54, 1.807) is 14.2 Å². The second kappa shape index (κ2) is 8.90. The first-order valence-electron chi connectivity index (χ1n) is 12.1. The number of benzene rings is 1. The molecule has 10 nitrogen and oxygen atoms in total. The lowest BCUT2D eigenvalue weighted by Crippen LogP contribution is -2.61. The van der Waals surface area contributed by atoms with E-state index < -0.39 is 0 Å². The Hall–Kier alpha value is -3.56. The van der Waals surface area contributed by atoms with Crippen LogP contribution in [-0.2, 0) is 4.79 Å². The van der Waals surface area contributed by atoms with Gasteiger partial charge in [-0.3, -0.25) is 9.89 Å². The first-order chi connectivity index (χ1) is 16.8. The second-order valence-electron chi connectivity index (χ2n) is 9.99. The lowest BCUT2D eigenvalue weighted by molar-refractivity contribution is -0.137. The molecule has 2 fully saturated rings. The molecule has 4 heterocycles. The summed E-state index contributed by atoms with van der Waals surface area (Å²) in [5.74, 6) is 3.55. The van der Waals surface area contributed by atoms with E-state index in [1.807, 2.05) is 43.9 Å². The summed E-state index contributed by atoms with van der Waals surface area (Å²) in [7, 11) is 3.23. The summed E-state index contributed by atoms with van der Waals surface area (Å²) in [6.45, 7) is 9.31. The van der Waals surface area contributed by atoms with Gasteiger partial charge in [-0.15, -0.1) is 0 Å². The lowest BCUT2D eigenvalue weighted by atomic mass is 9.72. The van der Waals surface area contributed by atoms with Crippen molar-refractivity contribution in [2.24, 2.45) is 11.3 Å². The summed E-state index contributed by atoms with van der Waals surface area (Å²) >= 11 is 0. The number of carbonyl (C=O) groups excluding carboxylic acids is 1. The normalized spacial score (nSPS) is 17.1. The first-order valence-corrected chi connectivity index (χ1v) is 12.1. The number of H-pyrrole nitrogens is 1. The van der Waals surface area contributed by atoms with E-state index in [-0.39, 0.29) is 17.2 Å². The van der Waals surface area contributed by atoms with E-state index >= 15 is 0 Å². The summed E-state index contributed by atoms with van der Waals surface area (Å²) < 4.78 is 11.0. The van der Waals surface area contributed by atoms with Crippen molar-refractivity contribution in [1.82, 2.24) is 25.1 Å². The minimum absolute atomic E-state index is 0.0489. The van der Waals surface area contributed by atoms with Crippen molar-refractivity contribution in [3.63, 3.8) is 0 Å². The third-order valence-electron chi connectivity index (χ3n) is 7.11. The maximum absolute atomic E-state index is 12.4. The highest BCUT2D eigenvalue weighted by molar-refractivity contribution is 5.94. The number of aromatic amines is 1. The number of nitrogens with zero attached hydrogens (tertiary/aromatic N) is 5. The van der Waals surface area contributed by atoms with Crippen LogP contribution in [0.4, 0.5) is 17.6 Å². The Morgan fingerprint density at radius 1 is 1.09 bits per heavy atom. The average molecular weight is 480 g/mol. The van der Waals surface area contributed by atoms with Gasteiger partial charge in [0.1, 0.15) is 5.82 Å². The smallest absolute Gasteiger partial charge is 0.227 e. The van der Waals surface area contributed by atoms with Crippen LogP contribution >= 0.6 is 0 Å². The molecule has 1 amide bonds. The Balaban J connectivity index is 1.41. The van der Waals surface area contributed by atoms with Gasteiger partial charge >= 0.3 is 0 Å². The fraction of sp³-hybridized carbons (Fsp3) is 0.520. The standard InChI is InChI=1S/C25H33N7O3/c1-15(2)23(33)31-8-6-25(7-9-31)13-32(14-25)24-26-18-12-20(35-5)19(34-4)11-17(18)22(28-24)27-21-10-16(3)29-30-21/h10-12,15H,6-9,13-14H2,1-5H3,(H2,26,27,28,29,30). The van der Waals surface area contributed by atoms with Crippen molar-refractivity contribution < 1.29 is 14.3 Å². The maximum Gasteiger partial charge on any atom is 0.227 e. The zero-order valence-electron chi connectivity index (χ0n) is 21.0. The largest absolute Gasteiger partial charge is 0.493 e. The van der Waals surface area contributed by atoms with Gasteiger partial charge in [0.05, 0.1) is 19.7 Å². The molecule has 10 heteroatoms. The number of aromatic nitrogens is 4. The highest BCUT2D eigenvalue weighted by Crippen LogP contribution is 2.43. The molecule has 1 spiro atoms. The minimum atomic E-state index is 0.0489. The Morgan fingerprint density at radius 2 is 1.77 bits per heavy atom. The number of fused-ring (bicyclic) bond motifs is 1. The Bertz CT molecular complexity index is 1240. The van der Waals surface area contributed by atoms with E-state index in [4.69, 9.17) is 19.4 Å². The van der Waals surface area contributed by atoms with Gasteiger partial charge < -0.3 is 24.6 Å². The average Bonchev–Trinajstić information content (AvgIpc) is 3.25. The molecule has 2 N–H and O–H groups in total. The molecule has 2 aromatic heterocycles. The lowest BCUT2D eigenvalue weighted by Gasteiger charge is -2.54. The zero-order valence-corrected chi connectivity index (χ0v) is 21.0. The molecular formula is C25H33N7O3. The van der Waals surface area contributed by atoms with Crippen LogP contribution in [0.1, 0.15) is 32.4 Å². The summed E-state index contributed by atoms with van der Waals surface area (Å²) in [5, 5.41) is 11.4. The van der Waals surface area contributed by atoms with Crippen molar-refractivity contribution in [2.75, 3.05) is 50.6 Å². The number of piperidine rings is 1. The predicted octanol–water partition coefficient (Wildman–Crippen LogP) is 3.51. The van der Waals surface area contributed by atoms with Gasteiger partial charge in [0.15, 0.2) is 17.3 Å². The molecule has 35 heavy (non-hydrogen) atoms. The maximum atomic E-state index is 12.4. The van der Waals surface area contributed by atoms with Crippen LogP contribution in [0.15, 0.2) is 18.2 Å². The number of likely N-dealkylation sites (tertiary alicyclic amines) is 1. The molecule has 1 aromatic carbocycles. The molecule has 0 saturated carbocycles. The number of amides is 1. The third-order valence-corrected chi connectivity index (χ3v) is 7.11. The number of hydrogen-bond donors (Lipinski definition) is 2. The number of methoxy groups -OCH3 is 2. The molecule has 2 aliphatic heterocycles. The van der Waals surface area contributed by atoms with Gasteiger partial charge in [0.25, 0.3) is 0 Å². The number of hydrogen-bond acceptors (Lipinski definition) is 8. The van der Waals surface area contributed by atoms with Crippen LogP contribution in [0.5, 0.6) is 11.5 Å². The Morgan fingerprint density at radius 3 is 2.37 bits per heavy atom. The van der Waals surface area contributed by atoms with Crippen molar-refractivity contribution in [3.8, 4) is 11.5 Å². The molecule has 186 valence electrons. The van der Waals surface area contributed by atoms with Gasteiger partial charge in [-0.2, -0.15) is 10.1 Å². The molecule has 0 radical (unpaired) electrons. The van der Waals surface area contributed by atoms with Crippen molar-refractivity contribution >= 4 is 34.4 Å². The van der Waals surface area contributed by atoms with Crippen LogP contribution in [0.2, 0.25) is 0 Å². The molecule has 0 unspecified atom stereocenters. The molecular weight excluding hydrogens is 446 g/mol. The molecule has 0 aliphatic carbocycles. The van der Waals surface area contributed by atoms with Gasteiger partial charge in [-0.1, -0.05) is 13.8 Å². The molecule has 0 bridgehead atoms. The highest BCUT2D eigenvalue weighted by atomic mass is 16.5. The number of aryl methyl sites for hydroxylation is 1. The fourth-order valence-electron chi connectivity index (χ4n) is 5.07.